The molecule has 1 N–H and O–H groups in total. The van der Waals surface area contributed by atoms with Crippen LogP contribution in [0.25, 0.3) is 103 Å². The number of para-hydroxylation sites is 2. The number of nitrogens with one attached hydrogen (secondary N) is 1. The predicted molar refractivity (Wildman–Crippen MR) is 199 cm³/mol. The highest BCUT2D eigenvalue weighted by molar-refractivity contribution is 7.26. The zero-order chi connectivity index (χ0) is 30.6. The van der Waals surface area contributed by atoms with E-state index in [9.17, 15) is 0 Å². The summed E-state index contributed by atoms with van der Waals surface area (Å²) in [6.07, 6.45) is 0. The van der Waals surface area contributed by atoms with Crippen LogP contribution < -0.4 is 0 Å². The lowest BCUT2D eigenvalue weighted by Crippen LogP contribution is -2.04. The van der Waals surface area contributed by atoms with Gasteiger partial charge in [0.05, 0.1) is 32.5 Å². The first kappa shape index (κ1) is 25.2. The van der Waals surface area contributed by atoms with E-state index in [0.717, 1.165) is 44.2 Å². The monoisotopic (exact) mass is 616 g/mol. The molecule has 0 aliphatic carbocycles. The van der Waals surface area contributed by atoms with Crippen LogP contribution in [0.3, 0.4) is 0 Å². The van der Waals surface area contributed by atoms with E-state index in [4.69, 9.17) is 9.97 Å². The summed E-state index contributed by atoms with van der Waals surface area (Å²) in [6.45, 7) is 0. The van der Waals surface area contributed by atoms with Gasteiger partial charge in [-0.25, -0.2) is 9.97 Å². The smallest absolute Gasteiger partial charge is 0.235 e. The highest BCUT2D eigenvalue weighted by Gasteiger charge is 2.24. The number of rotatable bonds is 2. The van der Waals surface area contributed by atoms with Gasteiger partial charge in [0.2, 0.25) is 5.95 Å². The molecule has 0 saturated heterocycles. The van der Waals surface area contributed by atoms with Crippen molar-refractivity contribution >= 4 is 96.8 Å². The number of nitrogens with zero attached hydrogens (tertiary/aromatic N) is 3. The molecule has 0 atom stereocenters. The molecule has 0 amide bonds. The quantitative estimate of drug-likeness (QED) is 0.210. The van der Waals surface area contributed by atoms with E-state index in [1.165, 1.54) is 52.5 Å². The lowest BCUT2D eigenvalue weighted by atomic mass is 9.99. The minimum atomic E-state index is 0.669. The molecule has 47 heavy (non-hydrogen) atoms. The minimum absolute atomic E-state index is 0.669. The molecule has 7 aromatic carbocycles. The number of aromatic amines is 1. The van der Waals surface area contributed by atoms with Crippen molar-refractivity contribution in [1.29, 1.82) is 0 Å². The molecule has 218 valence electrons. The highest BCUT2D eigenvalue weighted by Crippen LogP contribution is 2.45. The fraction of sp³-hybridized carbons (Fsp3) is 0. The fourth-order valence-corrected chi connectivity index (χ4v) is 8.95. The zero-order valence-electron chi connectivity index (χ0n) is 25.0. The van der Waals surface area contributed by atoms with Gasteiger partial charge in [-0.1, -0.05) is 115 Å². The van der Waals surface area contributed by atoms with Gasteiger partial charge in [0.25, 0.3) is 0 Å². The van der Waals surface area contributed by atoms with Gasteiger partial charge in [0.1, 0.15) is 0 Å². The van der Waals surface area contributed by atoms with Crippen molar-refractivity contribution in [2.75, 3.05) is 0 Å². The lowest BCUT2D eigenvalue weighted by molar-refractivity contribution is 1.02. The third-order valence-corrected chi connectivity index (χ3v) is 10.9. The molecule has 0 saturated carbocycles. The van der Waals surface area contributed by atoms with Gasteiger partial charge in [0.15, 0.2) is 0 Å². The zero-order valence-corrected chi connectivity index (χ0v) is 25.8. The Bertz CT molecular complexity index is 3070. The van der Waals surface area contributed by atoms with Gasteiger partial charge < -0.3 is 4.98 Å². The molecule has 11 rings (SSSR count). The Balaban J connectivity index is 1.39. The Kier molecular flexibility index (Phi) is 4.96. The molecule has 11 aromatic rings. The van der Waals surface area contributed by atoms with Gasteiger partial charge in [0, 0.05) is 53.5 Å². The number of fused-ring (bicyclic) bond motifs is 15. The van der Waals surface area contributed by atoms with E-state index < -0.39 is 0 Å². The number of thiophene rings is 1. The number of aromatic nitrogens is 4. The first-order chi connectivity index (χ1) is 23.3. The second-order valence-electron chi connectivity index (χ2n) is 12.2. The van der Waals surface area contributed by atoms with Crippen LogP contribution in [-0.4, -0.2) is 19.5 Å². The molecule has 0 unspecified atom stereocenters. The molecule has 0 bridgehead atoms. The topological polar surface area (TPSA) is 46.5 Å². The average molecular weight is 617 g/mol. The van der Waals surface area contributed by atoms with Gasteiger partial charge >= 0.3 is 0 Å². The Hall–Kier alpha value is -6.04. The molecular weight excluding hydrogens is 593 g/mol. The SMILES string of the molecule is c1ccc(-c2nc(-n3c4ccccc4c4c5ccccc5c5c6ccccc6[nH]c5c43)nc3c2ccc2c4ccccc4sc23)cc1. The highest BCUT2D eigenvalue weighted by atomic mass is 32.1. The van der Waals surface area contributed by atoms with E-state index >= 15 is 0 Å². The van der Waals surface area contributed by atoms with Crippen molar-refractivity contribution in [2.45, 2.75) is 0 Å². The Labute approximate surface area is 272 Å². The van der Waals surface area contributed by atoms with Crippen molar-refractivity contribution in [3.05, 3.63) is 140 Å². The number of hydrogen-bond donors (Lipinski definition) is 1. The van der Waals surface area contributed by atoms with E-state index in [-0.39, 0.29) is 0 Å². The van der Waals surface area contributed by atoms with Gasteiger partial charge in [-0.05, 0) is 35.0 Å². The molecule has 0 aliphatic rings. The molecule has 5 heteroatoms. The molecular formula is C42H24N4S. The van der Waals surface area contributed by atoms with Crippen LogP contribution in [0.2, 0.25) is 0 Å². The Morgan fingerprint density at radius 2 is 1.17 bits per heavy atom. The third-order valence-electron chi connectivity index (χ3n) is 9.73. The summed E-state index contributed by atoms with van der Waals surface area (Å²) in [5.74, 6) is 0.669. The van der Waals surface area contributed by atoms with Crippen LogP contribution in [0, 0.1) is 0 Å². The van der Waals surface area contributed by atoms with Crippen molar-refractivity contribution in [3.63, 3.8) is 0 Å². The van der Waals surface area contributed by atoms with Crippen molar-refractivity contribution in [1.82, 2.24) is 19.5 Å². The summed E-state index contributed by atoms with van der Waals surface area (Å²) in [6, 6.07) is 49.7. The van der Waals surface area contributed by atoms with Crippen LogP contribution in [0.15, 0.2) is 140 Å². The minimum Gasteiger partial charge on any atom is -0.353 e. The van der Waals surface area contributed by atoms with E-state index in [2.05, 4.69) is 149 Å². The number of H-pyrrole nitrogens is 1. The van der Waals surface area contributed by atoms with Crippen LogP contribution in [-0.2, 0) is 0 Å². The van der Waals surface area contributed by atoms with Crippen molar-refractivity contribution < 1.29 is 0 Å². The van der Waals surface area contributed by atoms with Gasteiger partial charge in [-0.15, -0.1) is 11.3 Å². The average Bonchev–Trinajstić information content (AvgIpc) is 3.82. The fourth-order valence-electron chi connectivity index (χ4n) is 7.75. The summed E-state index contributed by atoms with van der Waals surface area (Å²) in [5, 5.41) is 10.9. The standard InChI is InChI=1S/C42H24N4S/c1-2-12-24(13-3-1)37-31-23-22-28-25-14-8-11-21-34(25)47-41(28)38(31)45-42(44-37)46-33-20-10-7-18-30(33)36-27-16-5-4-15-26(27)35-29-17-6-9-19-32(29)43-39(35)40(36)46/h1-23,43H. The summed E-state index contributed by atoms with van der Waals surface area (Å²) in [4.78, 5) is 14.8. The first-order valence-electron chi connectivity index (χ1n) is 15.9. The maximum absolute atomic E-state index is 5.52. The molecule has 4 heterocycles. The summed E-state index contributed by atoms with van der Waals surface area (Å²) >= 11 is 1.81. The van der Waals surface area contributed by atoms with Crippen molar-refractivity contribution in [3.8, 4) is 17.2 Å². The molecule has 0 fully saturated rings. The summed E-state index contributed by atoms with van der Waals surface area (Å²) < 4.78 is 4.75. The Morgan fingerprint density at radius 1 is 0.511 bits per heavy atom. The van der Waals surface area contributed by atoms with Crippen molar-refractivity contribution in [2.24, 2.45) is 0 Å². The first-order valence-corrected chi connectivity index (χ1v) is 16.7. The number of hydrogen-bond acceptors (Lipinski definition) is 3. The van der Waals surface area contributed by atoms with Crippen LogP contribution >= 0.6 is 11.3 Å². The Morgan fingerprint density at radius 3 is 2.02 bits per heavy atom. The van der Waals surface area contributed by atoms with Gasteiger partial charge in [-0.2, -0.15) is 0 Å². The maximum atomic E-state index is 5.52. The van der Waals surface area contributed by atoms with Crippen LogP contribution in [0.1, 0.15) is 0 Å². The molecule has 0 radical (unpaired) electrons. The summed E-state index contributed by atoms with van der Waals surface area (Å²) in [7, 11) is 0. The van der Waals surface area contributed by atoms with Gasteiger partial charge in [-0.3, -0.25) is 4.57 Å². The molecule has 0 spiro atoms. The summed E-state index contributed by atoms with van der Waals surface area (Å²) in [5.41, 5.74) is 7.38. The van der Waals surface area contributed by atoms with E-state index in [1.807, 2.05) is 11.3 Å². The molecule has 4 aromatic heterocycles. The second-order valence-corrected chi connectivity index (χ2v) is 13.3. The molecule has 0 aliphatic heterocycles. The number of benzene rings is 7. The van der Waals surface area contributed by atoms with Crippen LogP contribution in [0.5, 0.6) is 0 Å². The maximum Gasteiger partial charge on any atom is 0.235 e. The largest absolute Gasteiger partial charge is 0.353 e. The predicted octanol–water partition coefficient (Wildman–Crippen LogP) is 11.5. The van der Waals surface area contributed by atoms with Crippen LogP contribution in [0.4, 0.5) is 0 Å². The normalized spacial score (nSPS) is 12.3. The third kappa shape index (κ3) is 3.36. The molecule has 4 nitrogen and oxygen atoms in total. The lowest BCUT2D eigenvalue weighted by Gasteiger charge is -2.13. The van der Waals surface area contributed by atoms with E-state index in [1.54, 1.807) is 0 Å². The van der Waals surface area contributed by atoms with E-state index in [0.29, 0.717) is 5.95 Å². The second kappa shape index (κ2) is 9.25.